The van der Waals surface area contributed by atoms with Gasteiger partial charge in [0, 0.05) is 7.11 Å². The summed E-state index contributed by atoms with van der Waals surface area (Å²) in [5.74, 6) is 0. The van der Waals surface area contributed by atoms with Crippen LogP contribution >= 0.6 is 7.60 Å². The topological polar surface area (TPSA) is 35.5 Å². The van der Waals surface area contributed by atoms with Crippen LogP contribution in [0.15, 0.2) is 12.1 Å². The van der Waals surface area contributed by atoms with Crippen LogP contribution in [-0.4, -0.2) is 7.11 Å². The molecule has 0 saturated heterocycles. The van der Waals surface area contributed by atoms with Gasteiger partial charge < -0.3 is 9.05 Å². The van der Waals surface area contributed by atoms with E-state index in [-0.39, 0.29) is 5.41 Å². The summed E-state index contributed by atoms with van der Waals surface area (Å²) in [5.41, 5.74) is 3.16. The van der Waals surface area contributed by atoms with Crippen LogP contribution in [-0.2, 0) is 25.6 Å². The summed E-state index contributed by atoms with van der Waals surface area (Å²) in [4.78, 5) is 0. The highest BCUT2D eigenvalue weighted by atomic mass is 31.2. The number of rotatable bonds is 1. The largest absolute Gasteiger partial charge is 0.362 e. The molecule has 1 atom stereocenters. The summed E-state index contributed by atoms with van der Waals surface area (Å²) >= 11 is 0. The maximum Gasteiger partial charge on any atom is 0.362 e. The van der Waals surface area contributed by atoms with Crippen molar-refractivity contribution in [1.82, 2.24) is 0 Å². The van der Waals surface area contributed by atoms with E-state index in [9.17, 15) is 4.57 Å². The zero-order valence-electron chi connectivity index (χ0n) is 11.0. The molecule has 0 amide bonds. The minimum absolute atomic E-state index is 0.0714. The fourth-order valence-corrected chi connectivity index (χ4v) is 4.12. The average Bonchev–Trinajstić information content (AvgIpc) is 2.55. The molecular weight excluding hydrogens is 235 g/mol. The Morgan fingerprint density at radius 1 is 1.35 bits per heavy atom. The Bertz CT molecular complexity index is 500. The normalized spacial score (nSPS) is 23.8. The molecule has 0 fully saturated rings. The Morgan fingerprint density at radius 2 is 2.00 bits per heavy atom. The fraction of sp³-hybridized carbons (Fsp3) is 0.538. The first kappa shape index (κ1) is 12.8. The van der Waals surface area contributed by atoms with E-state index < -0.39 is 7.60 Å². The molecule has 17 heavy (non-hydrogen) atoms. The smallest absolute Gasteiger partial charge is 0.309 e. The van der Waals surface area contributed by atoms with Crippen LogP contribution < -0.4 is 5.30 Å². The fourth-order valence-electron chi connectivity index (χ4n) is 2.22. The maximum atomic E-state index is 12.5. The number of aryl methyl sites for hydroxylation is 1. The van der Waals surface area contributed by atoms with E-state index >= 15 is 0 Å². The first-order valence-corrected chi connectivity index (χ1v) is 7.27. The third kappa shape index (κ3) is 2.08. The van der Waals surface area contributed by atoms with E-state index in [1.54, 1.807) is 0 Å². The molecule has 94 valence electrons. The van der Waals surface area contributed by atoms with Gasteiger partial charge in [0.2, 0.25) is 0 Å². The number of benzene rings is 1. The molecule has 1 aliphatic rings. The zero-order valence-corrected chi connectivity index (χ0v) is 11.9. The van der Waals surface area contributed by atoms with Gasteiger partial charge in [-0.25, -0.2) is 0 Å². The van der Waals surface area contributed by atoms with Crippen molar-refractivity contribution in [2.45, 2.75) is 39.7 Å². The molecule has 0 radical (unpaired) electrons. The van der Waals surface area contributed by atoms with Gasteiger partial charge in [0.15, 0.2) is 0 Å². The van der Waals surface area contributed by atoms with E-state index in [1.807, 2.05) is 13.0 Å². The Hall–Kier alpha value is -0.630. The summed E-state index contributed by atoms with van der Waals surface area (Å²) in [6, 6.07) is 4.11. The highest BCUT2D eigenvalue weighted by Crippen LogP contribution is 2.54. The van der Waals surface area contributed by atoms with Crippen LogP contribution in [0.4, 0.5) is 0 Å². The highest BCUT2D eigenvalue weighted by molar-refractivity contribution is 7.62. The number of hydrogen-bond acceptors (Lipinski definition) is 3. The predicted molar refractivity (Wildman–Crippen MR) is 68.9 cm³/mol. The maximum absolute atomic E-state index is 12.5. The van der Waals surface area contributed by atoms with Crippen molar-refractivity contribution in [3.63, 3.8) is 0 Å². The van der Waals surface area contributed by atoms with Gasteiger partial charge in [-0.3, -0.25) is 4.57 Å². The Kier molecular flexibility index (Phi) is 2.97. The molecule has 4 heteroatoms. The standard InChI is InChI=1S/C13H19O3P/c1-9-6-10-8-16-17(14,15-5)12(10)11(7-9)13(2,3)4/h6-7H,8H2,1-5H3. The molecule has 0 saturated carbocycles. The Balaban J connectivity index is 2.74. The van der Waals surface area contributed by atoms with Crippen molar-refractivity contribution in [1.29, 1.82) is 0 Å². The van der Waals surface area contributed by atoms with Crippen molar-refractivity contribution in [3.05, 3.63) is 28.8 Å². The number of fused-ring (bicyclic) bond motifs is 1. The molecule has 1 unspecified atom stereocenters. The van der Waals surface area contributed by atoms with Crippen LogP contribution in [0, 0.1) is 6.92 Å². The van der Waals surface area contributed by atoms with Crippen molar-refractivity contribution >= 4 is 12.9 Å². The second-order valence-electron chi connectivity index (χ2n) is 5.52. The van der Waals surface area contributed by atoms with E-state index in [4.69, 9.17) is 9.05 Å². The lowest BCUT2D eigenvalue weighted by atomic mass is 9.85. The van der Waals surface area contributed by atoms with E-state index in [0.29, 0.717) is 6.61 Å². The minimum atomic E-state index is -3.09. The quantitative estimate of drug-likeness (QED) is 0.721. The van der Waals surface area contributed by atoms with Crippen molar-refractivity contribution in [3.8, 4) is 0 Å². The third-order valence-corrected chi connectivity index (χ3v) is 5.07. The minimum Gasteiger partial charge on any atom is -0.309 e. The van der Waals surface area contributed by atoms with E-state index in [0.717, 1.165) is 16.4 Å². The molecule has 0 bridgehead atoms. The highest BCUT2D eigenvalue weighted by Gasteiger charge is 2.40. The number of hydrogen-bond donors (Lipinski definition) is 0. The van der Waals surface area contributed by atoms with Crippen molar-refractivity contribution < 1.29 is 13.6 Å². The first-order valence-electron chi connectivity index (χ1n) is 5.73. The molecule has 0 aliphatic carbocycles. The van der Waals surface area contributed by atoms with E-state index in [1.165, 1.54) is 12.7 Å². The summed E-state index contributed by atoms with van der Waals surface area (Å²) in [5, 5.41) is 0.776. The van der Waals surface area contributed by atoms with Gasteiger partial charge in [-0.1, -0.05) is 38.5 Å². The molecule has 1 heterocycles. The predicted octanol–water partition coefficient (Wildman–Crippen LogP) is 3.29. The summed E-state index contributed by atoms with van der Waals surface area (Å²) in [6.07, 6.45) is 0. The third-order valence-electron chi connectivity index (χ3n) is 3.05. The lowest BCUT2D eigenvalue weighted by Gasteiger charge is -2.24. The second kappa shape index (κ2) is 3.94. The zero-order chi connectivity index (χ0) is 12.8. The van der Waals surface area contributed by atoms with Crippen molar-refractivity contribution in [2.24, 2.45) is 0 Å². The molecule has 1 aromatic rings. The van der Waals surface area contributed by atoms with Gasteiger partial charge in [0.05, 0.1) is 11.9 Å². The summed E-state index contributed by atoms with van der Waals surface area (Å²) < 4.78 is 23.1. The van der Waals surface area contributed by atoms with Gasteiger partial charge in [-0.15, -0.1) is 0 Å². The van der Waals surface area contributed by atoms with Crippen LogP contribution in [0.1, 0.15) is 37.5 Å². The molecular formula is C13H19O3P. The first-order chi connectivity index (χ1) is 7.78. The molecule has 2 rings (SSSR count). The second-order valence-corrected chi connectivity index (χ2v) is 7.59. The molecule has 0 spiro atoms. The van der Waals surface area contributed by atoms with Crippen LogP contribution in [0.5, 0.6) is 0 Å². The lowest BCUT2D eigenvalue weighted by molar-refractivity contribution is 0.247. The molecule has 0 aromatic heterocycles. The van der Waals surface area contributed by atoms with E-state index in [2.05, 4.69) is 26.8 Å². The van der Waals surface area contributed by atoms with Crippen LogP contribution in [0.2, 0.25) is 0 Å². The van der Waals surface area contributed by atoms with Gasteiger partial charge >= 0.3 is 7.60 Å². The molecule has 3 nitrogen and oxygen atoms in total. The molecule has 1 aliphatic heterocycles. The summed E-state index contributed by atoms with van der Waals surface area (Å²) in [6.45, 7) is 8.76. The monoisotopic (exact) mass is 254 g/mol. The Morgan fingerprint density at radius 3 is 2.53 bits per heavy atom. The van der Waals surface area contributed by atoms with Crippen molar-refractivity contribution in [2.75, 3.05) is 7.11 Å². The van der Waals surface area contributed by atoms with Crippen LogP contribution in [0.25, 0.3) is 0 Å². The molecule has 1 aromatic carbocycles. The van der Waals surface area contributed by atoms with Gasteiger partial charge in [0.1, 0.15) is 0 Å². The van der Waals surface area contributed by atoms with Gasteiger partial charge in [0.25, 0.3) is 0 Å². The van der Waals surface area contributed by atoms with Gasteiger partial charge in [-0.05, 0) is 23.5 Å². The summed E-state index contributed by atoms with van der Waals surface area (Å²) in [7, 11) is -1.65. The SMILES string of the molecule is COP1(=O)OCc2cc(C)cc(C(C)(C)C)c21. The van der Waals surface area contributed by atoms with Crippen LogP contribution in [0.3, 0.4) is 0 Å². The Labute approximate surface area is 103 Å². The average molecular weight is 254 g/mol. The van der Waals surface area contributed by atoms with Gasteiger partial charge in [-0.2, -0.15) is 0 Å². The molecule has 0 N–H and O–H groups in total. The lowest BCUT2D eigenvalue weighted by Crippen LogP contribution is -2.23.